The minimum Gasteiger partial charge on any atom is -0.351 e. The van der Waals surface area contributed by atoms with E-state index in [0.717, 1.165) is 29.3 Å². The van der Waals surface area contributed by atoms with Gasteiger partial charge >= 0.3 is 6.18 Å². The number of nitrogens with zero attached hydrogens (tertiary/aromatic N) is 2. The van der Waals surface area contributed by atoms with Gasteiger partial charge in [-0.1, -0.05) is 17.7 Å². The van der Waals surface area contributed by atoms with Crippen molar-refractivity contribution in [2.75, 3.05) is 18.7 Å². The summed E-state index contributed by atoms with van der Waals surface area (Å²) in [6.07, 6.45) is -4.12. The molecule has 0 unspecified atom stereocenters. The molecule has 11 heteroatoms. The molecule has 0 fully saturated rings. The smallest absolute Gasteiger partial charge is 0.351 e. The summed E-state index contributed by atoms with van der Waals surface area (Å²) < 4.78 is 51.4. The Hall–Kier alpha value is -3.14. The van der Waals surface area contributed by atoms with Gasteiger partial charge in [-0.3, -0.25) is 20.0 Å². The van der Waals surface area contributed by atoms with Crippen molar-refractivity contribution in [3.05, 3.63) is 64.2 Å². The molecular formula is C22H23ClF4N4O2. The maximum Gasteiger partial charge on any atom is 0.416 e. The lowest BCUT2D eigenvalue weighted by molar-refractivity contribution is -0.137. The fraction of sp³-hybridized carbons (Fsp3) is 0.318. The van der Waals surface area contributed by atoms with Gasteiger partial charge in [-0.25, -0.2) is 9.40 Å². The van der Waals surface area contributed by atoms with Crippen LogP contribution in [0.2, 0.25) is 5.02 Å². The number of carbonyl (C=O) groups is 2. The van der Waals surface area contributed by atoms with Crippen LogP contribution in [-0.4, -0.2) is 31.9 Å². The Balaban J connectivity index is 2.22. The van der Waals surface area contributed by atoms with Crippen LogP contribution in [-0.2, 0) is 22.3 Å². The van der Waals surface area contributed by atoms with Gasteiger partial charge in [0, 0.05) is 19.2 Å². The average molecular weight is 487 g/mol. The van der Waals surface area contributed by atoms with Crippen molar-refractivity contribution in [3.8, 4) is 0 Å². The Morgan fingerprint density at radius 3 is 2.30 bits per heavy atom. The summed E-state index contributed by atoms with van der Waals surface area (Å²) in [5.74, 6) is -0.303. The third-order valence-corrected chi connectivity index (χ3v) is 5.05. The number of hydrogen-bond acceptors (Lipinski definition) is 3. The molecule has 6 nitrogen and oxygen atoms in total. The van der Waals surface area contributed by atoms with Gasteiger partial charge in [0.2, 0.25) is 12.3 Å². The maximum atomic E-state index is 13.0. The van der Waals surface area contributed by atoms with E-state index < -0.39 is 29.7 Å². The van der Waals surface area contributed by atoms with Crippen molar-refractivity contribution in [1.29, 1.82) is 0 Å². The topological polar surface area (TPSA) is 73.8 Å². The number of rotatable bonds is 8. The summed E-state index contributed by atoms with van der Waals surface area (Å²) in [5, 5.41) is 3.88. The molecule has 0 bridgehead atoms. The summed E-state index contributed by atoms with van der Waals surface area (Å²) in [6.45, 7) is 2.25. The van der Waals surface area contributed by atoms with Crippen LogP contribution >= 0.6 is 11.6 Å². The maximum absolute atomic E-state index is 13.0. The third kappa shape index (κ3) is 6.67. The fourth-order valence-electron chi connectivity index (χ4n) is 2.65. The largest absolute Gasteiger partial charge is 0.416 e. The summed E-state index contributed by atoms with van der Waals surface area (Å²) >= 11 is 6.28. The first-order valence-corrected chi connectivity index (χ1v) is 10.1. The second-order valence-corrected chi connectivity index (χ2v) is 8.13. The van der Waals surface area contributed by atoms with Crippen LogP contribution < -0.4 is 15.8 Å². The number of alkyl halides is 4. The van der Waals surface area contributed by atoms with Crippen molar-refractivity contribution in [3.63, 3.8) is 0 Å². The Morgan fingerprint density at radius 2 is 1.79 bits per heavy atom. The lowest BCUT2D eigenvalue weighted by Crippen LogP contribution is -2.42. The highest BCUT2D eigenvalue weighted by Gasteiger charge is 2.30. The molecule has 0 saturated heterocycles. The van der Waals surface area contributed by atoms with Gasteiger partial charge in [-0.2, -0.15) is 13.2 Å². The zero-order valence-electron chi connectivity index (χ0n) is 18.1. The Kier molecular flexibility index (Phi) is 8.43. The first-order chi connectivity index (χ1) is 15.4. The minimum absolute atomic E-state index is 0.0970. The molecule has 0 spiro atoms. The third-order valence-electron chi connectivity index (χ3n) is 4.72. The molecule has 2 amide bonds. The highest BCUT2D eigenvalue weighted by molar-refractivity contribution is 6.34. The van der Waals surface area contributed by atoms with Crippen molar-refractivity contribution < 1.29 is 27.2 Å². The molecule has 0 aliphatic rings. The van der Waals surface area contributed by atoms with Crippen LogP contribution in [0, 0.1) is 5.41 Å². The number of aliphatic imine (C=N–C) groups is 1. The number of hydrogen-bond donors (Lipinski definition) is 2. The number of benzene rings is 2. The lowest BCUT2D eigenvalue weighted by atomic mass is 9.94. The quantitative estimate of drug-likeness (QED) is 0.189. The van der Waals surface area contributed by atoms with E-state index in [2.05, 4.69) is 15.7 Å². The van der Waals surface area contributed by atoms with Crippen LogP contribution in [0.4, 0.5) is 23.2 Å². The van der Waals surface area contributed by atoms with E-state index in [1.807, 2.05) is 0 Å². The lowest BCUT2D eigenvalue weighted by Gasteiger charge is -2.22. The Labute approximate surface area is 193 Å². The summed E-state index contributed by atoms with van der Waals surface area (Å²) in [4.78, 5) is 27.8. The highest BCUT2D eigenvalue weighted by Crippen LogP contribution is 2.30. The molecule has 0 radical (unpaired) electrons. The van der Waals surface area contributed by atoms with Crippen LogP contribution in [0.3, 0.4) is 0 Å². The molecule has 2 aromatic rings. The summed E-state index contributed by atoms with van der Waals surface area (Å²) in [7, 11) is 1.44. The predicted octanol–water partition coefficient (Wildman–Crippen LogP) is 4.51. The molecule has 0 atom stereocenters. The summed E-state index contributed by atoms with van der Waals surface area (Å²) in [6, 6.07) is 8.83. The second kappa shape index (κ2) is 10.7. The van der Waals surface area contributed by atoms with E-state index in [1.54, 1.807) is 18.2 Å². The zero-order valence-corrected chi connectivity index (χ0v) is 18.9. The number of nitrogens with one attached hydrogen (secondary N) is 2. The van der Waals surface area contributed by atoms with Crippen LogP contribution in [0.5, 0.6) is 0 Å². The van der Waals surface area contributed by atoms with Crippen molar-refractivity contribution >= 4 is 35.4 Å². The second-order valence-electron chi connectivity index (χ2n) is 7.72. The van der Waals surface area contributed by atoms with E-state index in [4.69, 9.17) is 11.6 Å². The molecule has 33 heavy (non-hydrogen) atoms. The molecule has 2 N–H and O–H groups in total. The van der Waals surface area contributed by atoms with Gasteiger partial charge in [0.25, 0.3) is 0 Å². The van der Waals surface area contributed by atoms with Gasteiger partial charge in [0.05, 0.1) is 21.7 Å². The number of halogens is 5. The van der Waals surface area contributed by atoms with E-state index in [9.17, 15) is 27.2 Å². The van der Waals surface area contributed by atoms with Crippen LogP contribution in [0.25, 0.3) is 0 Å². The normalized spacial score (nSPS) is 12.3. The molecule has 2 aromatic carbocycles. The van der Waals surface area contributed by atoms with E-state index in [-0.39, 0.29) is 23.1 Å². The van der Waals surface area contributed by atoms with Gasteiger partial charge in [-0.15, -0.1) is 0 Å². The molecule has 0 aliphatic carbocycles. The Morgan fingerprint density at radius 1 is 1.15 bits per heavy atom. The minimum atomic E-state index is -4.50. The predicted molar refractivity (Wildman–Crippen MR) is 119 cm³/mol. The highest BCUT2D eigenvalue weighted by atomic mass is 35.5. The number of carbonyl (C=O) groups excluding carboxylic acids is 2. The molecule has 2 rings (SSSR count). The van der Waals surface area contributed by atoms with Gasteiger partial charge < -0.3 is 5.32 Å². The fourth-order valence-corrected chi connectivity index (χ4v) is 2.86. The van der Waals surface area contributed by atoms with Crippen LogP contribution in [0.15, 0.2) is 47.5 Å². The standard InChI is InChI=1S/C22H23ClF4N4O2/c1-21(2,12-24)20(33)29-11-14-4-9-18(23)17(10-14)19(28-3)30-31(13-32)16-7-5-15(6-8-16)22(25,26)27/h4-10,13H,11-12H2,1-3H3,(H,28,30)(H,29,33). The monoisotopic (exact) mass is 486 g/mol. The summed E-state index contributed by atoms with van der Waals surface area (Å²) in [5.41, 5.74) is 1.87. The molecule has 0 aromatic heterocycles. The molecule has 0 saturated carbocycles. The zero-order chi connectivity index (χ0) is 24.8. The Bertz CT molecular complexity index is 1020. The molecule has 178 valence electrons. The SMILES string of the molecule is CN=C(NN(C=O)c1ccc(C(F)(F)F)cc1)c1cc(CNC(=O)C(C)(C)CF)ccc1Cl. The van der Waals surface area contributed by atoms with E-state index in [1.165, 1.54) is 20.9 Å². The number of hydrazine groups is 1. The first kappa shape index (κ1) is 26.1. The average Bonchev–Trinajstić information content (AvgIpc) is 2.79. The molecule has 0 aliphatic heterocycles. The number of amides is 2. The van der Waals surface area contributed by atoms with E-state index in [0.29, 0.717) is 17.5 Å². The van der Waals surface area contributed by atoms with Crippen molar-refractivity contribution in [2.24, 2.45) is 10.4 Å². The van der Waals surface area contributed by atoms with E-state index >= 15 is 0 Å². The van der Waals surface area contributed by atoms with Gasteiger partial charge in [0.1, 0.15) is 12.5 Å². The van der Waals surface area contributed by atoms with Crippen molar-refractivity contribution in [2.45, 2.75) is 26.6 Å². The van der Waals surface area contributed by atoms with Gasteiger partial charge in [0.15, 0.2) is 0 Å². The number of anilines is 1. The van der Waals surface area contributed by atoms with Gasteiger partial charge in [-0.05, 0) is 55.8 Å². The van der Waals surface area contributed by atoms with Crippen LogP contribution in [0.1, 0.15) is 30.5 Å². The number of amidine groups is 1. The molecule has 0 heterocycles. The van der Waals surface area contributed by atoms with Crippen molar-refractivity contribution in [1.82, 2.24) is 10.7 Å². The molecular weight excluding hydrogens is 464 g/mol. The first-order valence-electron chi connectivity index (χ1n) is 9.71.